The van der Waals surface area contributed by atoms with Crippen molar-refractivity contribution in [1.29, 1.82) is 0 Å². The van der Waals surface area contributed by atoms with Gasteiger partial charge in [0.1, 0.15) is 6.61 Å². The van der Waals surface area contributed by atoms with Crippen molar-refractivity contribution >= 4 is 17.2 Å². The molecule has 2 fully saturated rings. The van der Waals surface area contributed by atoms with Gasteiger partial charge in [-0.25, -0.2) is 0 Å². The second kappa shape index (κ2) is 9.56. The second-order valence-corrected chi connectivity index (χ2v) is 10.7. The first kappa shape index (κ1) is 22.4. The molecule has 3 unspecified atom stereocenters. The monoisotopic (exact) mass is 405 g/mol. The zero-order valence-electron chi connectivity index (χ0n) is 16.3. The molecule has 0 aliphatic heterocycles. The van der Waals surface area contributed by atoms with Crippen molar-refractivity contribution in [3.8, 4) is 0 Å². The zero-order valence-corrected chi connectivity index (χ0v) is 18.2. The minimum absolute atomic E-state index is 0.0712. The van der Waals surface area contributed by atoms with Gasteiger partial charge >= 0.3 is 8.17 Å². The van der Waals surface area contributed by atoms with E-state index in [2.05, 4.69) is 24.7 Å². The molecule has 0 aromatic rings. The first-order valence-corrected chi connectivity index (χ1v) is 11.9. The average molecular weight is 405 g/mol. The van der Waals surface area contributed by atoms with Gasteiger partial charge in [-0.2, -0.15) is 9.79 Å². The van der Waals surface area contributed by atoms with Gasteiger partial charge in [0.25, 0.3) is 0 Å². The lowest BCUT2D eigenvalue weighted by Crippen LogP contribution is -2.41. The predicted molar refractivity (Wildman–Crippen MR) is 108 cm³/mol. The third-order valence-electron chi connectivity index (χ3n) is 6.38. The third-order valence-corrected chi connectivity index (χ3v) is 8.14. The van der Waals surface area contributed by atoms with E-state index in [4.69, 9.17) is 9.42 Å². The van der Waals surface area contributed by atoms with E-state index >= 15 is 0 Å². The minimum atomic E-state index is -3.88. The van der Waals surface area contributed by atoms with Gasteiger partial charge in [-0.3, -0.25) is 0 Å². The molecule has 0 saturated heterocycles. The molecule has 26 heavy (non-hydrogen) atoms. The standard InChI is InChI=1S/C19H35O5P2/c1-14(11-13-23-26(21,22)24-25-20)7-9-16-15(2)8-10-18-17(16)6-5-12-19(18,3)4/h11,16-18,20-22,25H,2,5-10,12-13H2,1,3-4H3/q+1/b14-11+/t16-,17?,18?/m1/s1. The Kier molecular flexibility index (Phi) is 8.25. The maximum atomic E-state index is 9.40. The molecule has 2 saturated carbocycles. The van der Waals surface area contributed by atoms with Crippen molar-refractivity contribution in [3.63, 3.8) is 0 Å². The summed E-state index contributed by atoms with van der Waals surface area (Å²) in [6.07, 6.45) is 10.4. The van der Waals surface area contributed by atoms with Crippen molar-refractivity contribution < 1.29 is 23.5 Å². The molecule has 0 heterocycles. The molecule has 3 N–H and O–H groups in total. The fourth-order valence-corrected chi connectivity index (χ4v) is 5.84. The molecule has 2 aliphatic carbocycles. The first-order valence-electron chi connectivity index (χ1n) is 9.56. The third kappa shape index (κ3) is 6.07. The molecule has 0 radical (unpaired) electrons. The Labute approximate surface area is 160 Å². The molecule has 5 nitrogen and oxygen atoms in total. The van der Waals surface area contributed by atoms with Crippen molar-refractivity contribution in [2.75, 3.05) is 6.61 Å². The summed E-state index contributed by atoms with van der Waals surface area (Å²) in [5.41, 5.74) is 3.03. The Balaban J connectivity index is 1.88. The van der Waals surface area contributed by atoms with Gasteiger partial charge in [-0.15, -0.1) is 8.83 Å². The van der Waals surface area contributed by atoms with Gasteiger partial charge in [-0.05, 0) is 68.6 Å². The summed E-state index contributed by atoms with van der Waals surface area (Å²) < 4.78 is 9.32. The summed E-state index contributed by atoms with van der Waals surface area (Å²) in [4.78, 5) is 27.4. The van der Waals surface area contributed by atoms with Gasteiger partial charge in [0.15, 0.2) is 0 Å². The lowest BCUT2D eigenvalue weighted by molar-refractivity contribution is 0.0228. The Morgan fingerprint density at radius 3 is 2.81 bits per heavy atom. The molecule has 7 heteroatoms. The fourth-order valence-electron chi connectivity index (χ4n) is 4.93. The number of hydrogen-bond donors (Lipinski definition) is 3. The van der Waals surface area contributed by atoms with Crippen LogP contribution in [0.2, 0.25) is 0 Å². The van der Waals surface area contributed by atoms with Crippen molar-refractivity contribution in [2.24, 2.45) is 23.2 Å². The molecule has 2 aliphatic rings. The van der Waals surface area contributed by atoms with E-state index in [1.807, 2.05) is 13.0 Å². The lowest BCUT2D eigenvalue weighted by atomic mass is 9.54. The van der Waals surface area contributed by atoms with Crippen molar-refractivity contribution in [2.45, 2.75) is 65.7 Å². The normalized spacial score (nSPS) is 30.0. The summed E-state index contributed by atoms with van der Waals surface area (Å²) in [5, 5.41) is 0. The van der Waals surface area contributed by atoms with E-state index in [-0.39, 0.29) is 6.61 Å². The van der Waals surface area contributed by atoms with E-state index in [1.54, 1.807) is 0 Å². The molecular weight excluding hydrogens is 370 g/mol. The molecule has 0 bridgehead atoms. The van der Waals surface area contributed by atoms with Crippen LogP contribution < -0.4 is 0 Å². The number of fused-ring (bicyclic) bond motifs is 1. The van der Waals surface area contributed by atoms with Crippen LogP contribution in [0.5, 0.6) is 0 Å². The molecule has 0 aromatic heterocycles. The highest BCUT2D eigenvalue weighted by Gasteiger charge is 2.44. The van der Waals surface area contributed by atoms with Crippen LogP contribution in [-0.4, -0.2) is 21.3 Å². The highest BCUT2D eigenvalue weighted by molar-refractivity contribution is 7.59. The molecular formula is C19H35O5P2+. The van der Waals surface area contributed by atoms with Crippen LogP contribution >= 0.6 is 17.2 Å². The largest absolute Gasteiger partial charge is 0.575 e. The van der Waals surface area contributed by atoms with Gasteiger partial charge in [-0.1, -0.05) is 44.1 Å². The lowest BCUT2D eigenvalue weighted by Gasteiger charge is -2.51. The first-order chi connectivity index (χ1) is 12.2. The van der Waals surface area contributed by atoms with Crippen LogP contribution in [0.1, 0.15) is 65.7 Å². The molecule has 150 valence electrons. The summed E-state index contributed by atoms with van der Waals surface area (Å²) in [7, 11) is -4.88. The maximum Gasteiger partial charge on any atom is 0.575 e. The van der Waals surface area contributed by atoms with Gasteiger partial charge < -0.3 is 4.89 Å². The summed E-state index contributed by atoms with van der Waals surface area (Å²) in [6, 6.07) is 0. The number of rotatable bonds is 8. The SMILES string of the molecule is C=C1CCC2C(CCCC2(C)C)[C@@H]1CC/C(C)=C/CO[P+](O)(O)OPO. The molecule has 0 spiro atoms. The molecule has 2 rings (SSSR count). The quantitative estimate of drug-likeness (QED) is 0.376. The maximum absolute atomic E-state index is 9.40. The van der Waals surface area contributed by atoms with Crippen LogP contribution in [0.4, 0.5) is 0 Å². The van der Waals surface area contributed by atoms with Crippen molar-refractivity contribution in [3.05, 3.63) is 23.8 Å². The zero-order chi connectivity index (χ0) is 19.4. The van der Waals surface area contributed by atoms with Crippen LogP contribution in [0.25, 0.3) is 0 Å². The Hall–Kier alpha value is 0.140. The fraction of sp³-hybridized carbons (Fsp3) is 0.789. The molecule has 0 aromatic carbocycles. The summed E-state index contributed by atoms with van der Waals surface area (Å²) >= 11 is 0. The van der Waals surface area contributed by atoms with Crippen molar-refractivity contribution in [1.82, 2.24) is 0 Å². The highest BCUT2D eigenvalue weighted by atomic mass is 31.3. The van der Waals surface area contributed by atoms with Gasteiger partial charge in [0, 0.05) is 0 Å². The average Bonchev–Trinajstić information content (AvgIpc) is 2.53. The van der Waals surface area contributed by atoms with E-state index in [0.29, 0.717) is 11.3 Å². The van der Waals surface area contributed by atoms with E-state index in [1.165, 1.54) is 36.8 Å². The highest BCUT2D eigenvalue weighted by Crippen LogP contribution is 2.56. The van der Waals surface area contributed by atoms with Crippen LogP contribution in [-0.2, 0) is 8.83 Å². The van der Waals surface area contributed by atoms with Gasteiger partial charge in [0.2, 0.25) is 9.03 Å². The smallest absolute Gasteiger partial charge is 0.349 e. The number of hydrogen-bond acceptors (Lipinski definition) is 5. The Bertz CT molecular complexity index is 518. The van der Waals surface area contributed by atoms with Crippen LogP contribution in [0, 0.1) is 23.2 Å². The van der Waals surface area contributed by atoms with Gasteiger partial charge in [0.05, 0.1) is 0 Å². The molecule has 4 atom stereocenters. The second-order valence-electron chi connectivity index (χ2n) is 8.51. The Morgan fingerprint density at radius 2 is 2.12 bits per heavy atom. The predicted octanol–water partition coefficient (Wildman–Crippen LogP) is 5.32. The summed E-state index contributed by atoms with van der Waals surface area (Å²) in [5.74, 6) is 2.17. The number of allylic oxidation sites excluding steroid dienone is 2. The minimum Gasteiger partial charge on any atom is -0.349 e. The van der Waals surface area contributed by atoms with Crippen LogP contribution in [0.3, 0.4) is 0 Å². The van der Waals surface area contributed by atoms with E-state index in [9.17, 15) is 9.79 Å². The Morgan fingerprint density at radius 1 is 1.38 bits per heavy atom. The van der Waals surface area contributed by atoms with E-state index in [0.717, 1.165) is 31.1 Å². The van der Waals surface area contributed by atoms with E-state index < -0.39 is 17.2 Å². The molecule has 0 amide bonds. The summed E-state index contributed by atoms with van der Waals surface area (Å²) in [6.45, 7) is 11.4. The van der Waals surface area contributed by atoms with Crippen LogP contribution in [0.15, 0.2) is 23.8 Å². The topological polar surface area (TPSA) is 79.2 Å².